The van der Waals surface area contributed by atoms with E-state index in [1.165, 1.54) is 12.1 Å². The van der Waals surface area contributed by atoms with Crippen molar-refractivity contribution in [1.82, 2.24) is 14.6 Å². The fourth-order valence-electron chi connectivity index (χ4n) is 1.73. The van der Waals surface area contributed by atoms with E-state index in [1.807, 2.05) is 30.5 Å². The second-order valence-electron chi connectivity index (χ2n) is 3.92. The molecule has 0 aliphatic carbocycles. The molecule has 2 heterocycles. The fraction of sp³-hybridized carbons (Fsp3) is 0.0769. The quantitative estimate of drug-likeness (QED) is 0.767. The van der Waals surface area contributed by atoms with Gasteiger partial charge in [-0.1, -0.05) is 18.2 Å². The number of hydrogen-bond donors (Lipinski definition) is 1. The van der Waals surface area contributed by atoms with Gasteiger partial charge in [0.05, 0.1) is 0 Å². The van der Waals surface area contributed by atoms with Gasteiger partial charge in [0, 0.05) is 12.7 Å². The monoisotopic (exact) mass is 242 g/mol. The van der Waals surface area contributed by atoms with E-state index >= 15 is 0 Å². The van der Waals surface area contributed by atoms with Crippen molar-refractivity contribution in [3.05, 3.63) is 60.0 Å². The van der Waals surface area contributed by atoms with Gasteiger partial charge < -0.3 is 5.32 Å². The van der Waals surface area contributed by atoms with E-state index in [9.17, 15) is 4.39 Å². The molecule has 1 aromatic carbocycles. The van der Waals surface area contributed by atoms with Gasteiger partial charge in [-0.3, -0.25) is 0 Å². The lowest BCUT2D eigenvalue weighted by molar-refractivity contribution is 0.626. The third kappa shape index (κ3) is 2.15. The van der Waals surface area contributed by atoms with Crippen molar-refractivity contribution >= 4 is 11.6 Å². The van der Waals surface area contributed by atoms with Crippen molar-refractivity contribution in [2.75, 3.05) is 5.32 Å². The van der Waals surface area contributed by atoms with E-state index in [2.05, 4.69) is 15.4 Å². The van der Waals surface area contributed by atoms with Crippen LogP contribution in [0.15, 0.2) is 48.7 Å². The Hall–Kier alpha value is -2.43. The summed E-state index contributed by atoms with van der Waals surface area (Å²) in [5.74, 6) is 0.294. The van der Waals surface area contributed by atoms with Crippen LogP contribution >= 0.6 is 0 Å². The van der Waals surface area contributed by atoms with Gasteiger partial charge >= 0.3 is 0 Å². The zero-order valence-electron chi connectivity index (χ0n) is 9.55. The molecule has 18 heavy (non-hydrogen) atoms. The maximum atomic E-state index is 13.0. The standard InChI is InChI=1S/C13H11FN4/c14-11-5-3-4-10(8-11)9-15-13-16-12-6-1-2-7-18(12)17-13/h1-8H,9H2,(H,15,17). The molecule has 90 valence electrons. The van der Waals surface area contributed by atoms with Gasteiger partial charge in [0.1, 0.15) is 5.82 Å². The molecule has 0 atom stereocenters. The molecule has 0 radical (unpaired) electrons. The first-order valence-corrected chi connectivity index (χ1v) is 5.61. The van der Waals surface area contributed by atoms with E-state index in [4.69, 9.17) is 0 Å². The Labute approximate surface area is 103 Å². The third-order valence-corrected chi connectivity index (χ3v) is 2.58. The SMILES string of the molecule is Fc1cccc(CNc2nc3ccccn3n2)c1. The van der Waals surface area contributed by atoms with E-state index in [-0.39, 0.29) is 5.82 Å². The minimum Gasteiger partial charge on any atom is -0.349 e. The van der Waals surface area contributed by atoms with Crippen LogP contribution in [-0.4, -0.2) is 14.6 Å². The van der Waals surface area contributed by atoms with Crippen LogP contribution in [0, 0.1) is 5.82 Å². The molecular formula is C13H11FN4. The molecule has 1 N–H and O–H groups in total. The van der Waals surface area contributed by atoms with Crippen LogP contribution in [0.2, 0.25) is 0 Å². The number of nitrogens with zero attached hydrogens (tertiary/aromatic N) is 3. The lowest BCUT2D eigenvalue weighted by atomic mass is 10.2. The molecule has 0 bridgehead atoms. The first-order valence-electron chi connectivity index (χ1n) is 5.61. The summed E-state index contributed by atoms with van der Waals surface area (Å²) in [7, 11) is 0. The molecule has 0 aliphatic rings. The number of halogens is 1. The number of rotatable bonds is 3. The van der Waals surface area contributed by atoms with Crippen LogP contribution in [0.25, 0.3) is 5.65 Å². The Morgan fingerprint density at radius 1 is 1.17 bits per heavy atom. The minimum atomic E-state index is -0.239. The Morgan fingerprint density at radius 2 is 2.11 bits per heavy atom. The highest BCUT2D eigenvalue weighted by atomic mass is 19.1. The van der Waals surface area contributed by atoms with Crippen molar-refractivity contribution in [2.45, 2.75) is 6.54 Å². The second-order valence-corrected chi connectivity index (χ2v) is 3.92. The summed E-state index contributed by atoms with van der Waals surface area (Å²) in [5.41, 5.74) is 1.63. The third-order valence-electron chi connectivity index (χ3n) is 2.58. The lowest BCUT2D eigenvalue weighted by Gasteiger charge is -2.01. The lowest BCUT2D eigenvalue weighted by Crippen LogP contribution is -2.01. The Bertz CT molecular complexity index is 644. The van der Waals surface area contributed by atoms with Crippen molar-refractivity contribution < 1.29 is 4.39 Å². The van der Waals surface area contributed by atoms with Gasteiger partial charge in [0.25, 0.3) is 0 Å². The molecule has 0 saturated carbocycles. The molecule has 0 amide bonds. The van der Waals surface area contributed by atoms with Crippen LogP contribution in [0.4, 0.5) is 10.3 Å². The van der Waals surface area contributed by atoms with Gasteiger partial charge in [-0.25, -0.2) is 8.91 Å². The molecule has 3 rings (SSSR count). The first kappa shape index (κ1) is 10.7. The summed E-state index contributed by atoms with van der Waals surface area (Å²) in [4.78, 5) is 4.30. The summed E-state index contributed by atoms with van der Waals surface area (Å²) in [6.45, 7) is 0.495. The number of pyridine rings is 1. The molecule has 3 aromatic rings. The zero-order chi connectivity index (χ0) is 12.4. The summed E-state index contributed by atoms with van der Waals surface area (Å²) in [5, 5.41) is 7.32. The number of fused-ring (bicyclic) bond motifs is 1. The molecule has 5 heteroatoms. The average molecular weight is 242 g/mol. The predicted octanol–water partition coefficient (Wildman–Crippen LogP) is 2.48. The summed E-state index contributed by atoms with van der Waals surface area (Å²) >= 11 is 0. The molecule has 0 aliphatic heterocycles. The zero-order valence-corrected chi connectivity index (χ0v) is 9.55. The highest BCUT2D eigenvalue weighted by Crippen LogP contribution is 2.08. The summed E-state index contributed by atoms with van der Waals surface area (Å²) in [6, 6.07) is 12.1. The van der Waals surface area contributed by atoms with Gasteiger partial charge in [0.15, 0.2) is 5.65 Å². The van der Waals surface area contributed by atoms with E-state index < -0.39 is 0 Å². The number of nitrogens with one attached hydrogen (secondary N) is 1. The minimum absolute atomic E-state index is 0.239. The Balaban J connectivity index is 1.76. The van der Waals surface area contributed by atoms with Crippen LogP contribution in [-0.2, 0) is 6.54 Å². The molecular weight excluding hydrogens is 231 g/mol. The normalized spacial score (nSPS) is 10.7. The van der Waals surface area contributed by atoms with Gasteiger partial charge in [-0.05, 0) is 29.8 Å². The van der Waals surface area contributed by atoms with Gasteiger partial charge in [-0.15, -0.1) is 5.10 Å². The largest absolute Gasteiger partial charge is 0.349 e. The summed E-state index contributed by atoms with van der Waals surface area (Å²) < 4.78 is 14.7. The molecule has 0 saturated heterocycles. The van der Waals surface area contributed by atoms with E-state index in [0.29, 0.717) is 12.5 Å². The van der Waals surface area contributed by atoms with E-state index in [1.54, 1.807) is 10.6 Å². The fourth-order valence-corrected chi connectivity index (χ4v) is 1.73. The highest BCUT2D eigenvalue weighted by molar-refractivity contribution is 5.43. The number of aromatic nitrogens is 3. The first-order chi connectivity index (χ1) is 8.81. The maximum absolute atomic E-state index is 13.0. The molecule has 2 aromatic heterocycles. The summed E-state index contributed by atoms with van der Waals surface area (Å²) in [6.07, 6.45) is 1.83. The van der Waals surface area contributed by atoms with Crippen molar-refractivity contribution in [2.24, 2.45) is 0 Å². The van der Waals surface area contributed by atoms with Gasteiger partial charge in [0.2, 0.25) is 5.95 Å². The van der Waals surface area contributed by atoms with Crippen molar-refractivity contribution in [3.63, 3.8) is 0 Å². The average Bonchev–Trinajstić information content (AvgIpc) is 2.79. The molecule has 0 unspecified atom stereocenters. The topological polar surface area (TPSA) is 42.2 Å². The van der Waals surface area contributed by atoms with Crippen molar-refractivity contribution in [3.8, 4) is 0 Å². The molecule has 4 nitrogen and oxygen atoms in total. The van der Waals surface area contributed by atoms with Crippen LogP contribution in [0.5, 0.6) is 0 Å². The smallest absolute Gasteiger partial charge is 0.243 e. The number of anilines is 1. The van der Waals surface area contributed by atoms with E-state index in [0.717, 1.165) is 11.2 Å². The van der Waals surface area contributed by atoms with Crippen molar-refractivity contribution in [1.29, 1.82) is 0 Å². The maximum Gasteiger partial charge on any atom is 0.243 e. The van der Waals surface area contributed by atoms with Crippen LogP contribution in [0.3, 0.4) is 0 Å². The van der Waals surface area contributed by atoms with Crippen LogP contribution in [0.1, 0.15) is 5.56 Å². The molecule has 0 fully saturated rings. The number of benzene rings is 1. The highest BCUT2D eigenvalue weighted by Gasteiger charge is 2.02. The van der Waals surface area contributed by atoms with Crippen LogP contribution < -0.4 is 5.32 Å². The number of hydrogen-bond acceptors (Lipinski definition) is 3. The Kier molecular flexibility index (Phi) is 2.64. The van der Waals surface area contributed by atoms with Gasteiger partial charge in [-0.2, -0.15) is 4.98 Å². The second kappa shape index (κ2) is 4.44. The Morgan fingerprint density at radius 3 is 2.94 bits per heavy atom. The predicted molar refractivity (Wildman–Crippen MR) is 66.7 cm³/mol. The molecule has 0 spiro atoms.